The number of nitrogens with one attached hydrogen (secondary N) is 1. The van der Waals surface area contributed by atoms with Gasteiger partial charge in [0.2, 0.25) is 11.9 Å². The molecule has 6 nitrogen and oxygen atoms in total. The highest BCUT2D eigenvalue weighted by Crippen LogP contribution is 2.40. The van der Waals surface area contributed by atoms with E-state index in [0.29, 0.717) is 54.3 Å². The van der Waals surface area contributed by atoms with Crippen molar-refractivity contribution in [3.8, 4) is 11.4 Å². The molecule has 1 aliphatic heterocycles. The van der Waals surface area contributed by atoms with E-state index in [1.54, 1.807) is 48.0 Å². The van der Waals surface area contributed by atoms with Crippen molar-refractivity contribution in [2.24, 2.45) is 5.73 Å². The Kier molecular flexibility index (Phi) is 5.21. The number of hydrogen-bond donors (Lipinski definition) is 2. The van der Waals surface area contributed by atoms with E-state index in [0.717, 1.165) is 0 Å². The van der Waals surface area contributed by atoms with E-state index in [1.165, 1.54) is 0 Å². The second-order valence-corrected chi connectivity index (χ2v) is 8.11. The number of nitrogens with zero attached hydrogens (tertiary/aromatic N) is 3. The molecule has 0 saturated carbocycles. The number of allylic oxidation sites excluding steroid dienone is 1. The van der Waals surface area contributed by atoms with Crippen molar-refractivity contribution >= 4 is 58.3 Å². The SMILES string of the molecule is CC1=C(C(N)=O)C(c2ccc(Cl)cc2Cl)n2nc(-c3ccc(Cl)cc3Cl)nc2N1. The Labute approximate surface area is 186 Å². The highest BCUT2D eigenvalue weighted by atomic mass is 35.5. The minimum atomic E-state index is -0.680. The zero-order valence-corrected chi connectivity index (χ0v) is 17.9. The number of primary amides is 1. The van der Waals surface area contributed by atoms with Gasteiger partial charge in [-0.3, -0.25) is 4.79 Å². The molecule has 3 aromatic rings. The van der Waals surface area contributed by atoms with Crippen molar-refractivity contribution < 1.29 is 4.79 Å². The fourth-order valence-corrected chi connectivity index (χ4v) is 4.27. The van der Waals surface area contributed by atoms with E-state index in [4.69, 9.17) is 52.1 Å². The lowest BCUT2D eigenvalue weighted by Gasteiger charge is -2.28. The highest BCUT2D eigenvalue weighted by molar-refractivity contribution is 6.36. The summed E-state index contributed by atoms with van der Waals surface area (Å²) in [5.41, 5.74) is 7.77. The number of nitrogens with two attached hydrogens (primary N) is 1. The molecule has 10 heteroatoms. The van der Waals surface area contributed by atoms with Crippen LogP contribution in [-0.4, -0.2) is 20.7 Å². The molecular formula is C19H13Cl4N5O. The van der Waals surface area contributed by atoms with Crippen LogP contribution >= 0.6 is 46.4 Å². The van der Waals surface area contributed by atoms with Crippen molar-refractivity contribution in [1.82, 2.24) is 14.8 Å². The molecule has 29 heavy (non-hydrogen) atoms. The minimum absolute atomic E-state index is 0.320. The van der Waals surface area contributed by atoms with E-state index >= 15 is 0 Å². The predicted octanol–water partition coefficient (Wildman–Crippen LogP) is 5.33. The van der Waals surface area contributed by atoms with Gasteiger partial charge in [-0.05, 0) is 37.3 Å². The highest BCUT2D eigenvalue weighted by Gasteiger charge is 2.34. The molecule has 148 valence electrons. The lowest BCUT2D eigenvalue weighted by Crippen LogP contribution is -2.32. The van der Waals surface area contributed by atoms with E-state index in [-0.39, 0.29) is 0 Å². The average molecular weight is 469 g/mol. The van der Waals surface area contributed by atoms with Gasteiger partial charge in [0.25, 0.3) is 0 Å². The van der Waals surface area contributed by atoms with Crippen LogP contribution in [-0.2, 0) is 4.79 Å². The Balaban J connectivity index is 1.92. The van der Waals surface area contributed by atoms with Crippen molar-refractivity contribution in [3.05, 3.63) is 73.3 Å². The quantitative estimate of drug-likeness (QED) is 0.543. The van der Waals surface area contributed by atoms with E-state index in [9.17, 15) is 4.79 Å². The van der Waals surface area contributed by atoms with Crippen LogP contribution < -0.4 is 11.1 Å². The first-order chi connectivity index (χ1) is 13.8. The summed E-state index contributed by atoms with van der Waals surface area (Å²) in [5, 5.41) is 9.41. The van der Waals surface area contributed by atoms with Crippen LogP contribution in [0.1, 0.15) is 18.5 Å². The molecule has 1 amide bonds. The number of carbonyl (C=O) groups is 1. The molecule has 1 unspecified atom stereocenters. The topological polar surface area (TPSA) is 85.8 Å². The summed E-state index contributed by atoms with van der Waals surface area (Å²) in [4.78, 5) is 16.8. The zero-order chi connectivity index (χ0) is 20.9. The monoisotopic (exact) mass is 467 g/mol. The number of aromatic nitrogens is 3. The second kappa shape index (κ2) is 7.54. The van der Waals surface area contributed by atoms with Gasteiger partial charge in [-0.15, -0.1) is 5.10 Å². The van der Waals surface area contributed by atoms with Gasteiger partial charge in [0.05, 0.1) is 10.6 Å². The number of rotatable bonds is 3. The summed E-state index contributed by atoms with van der Waals surface area (Å²) in [6.07, 6.45) is 0. The van der Waals surface area contributed by atoms with Gasteiger partial charge in [-0.25, -0.2) is 4.68 Å². The Morgan fingerprint density at radius 2 is 1.72 bits per heavy atom. The van der Waals surface area contributed by atoms with Crippen molar-refractivity contribution in [2.75, 3.05) is 5.32 Å². The van der Waals surface area contributed by atoms with Gasteiger partial charge in [-0.1, -0.05) is 52.5 Å². The maximum atomic E-state index is 12.3. The normalized spacial score (nSPS) is 15.8. The molecule has 2 heterocycles. The van der Waals surface area contributed by atoms with Crippen LogP contribution in [0.2, 0.25) is 20.1 Å². The van der Waals surface area contributed by atoms with Gasteiger partial charge in [0, 0.05) is 31.9 Å². The van der Waals surface area contributed by atoms with Crippen LogP contribution in [0.25, 0.3) is 11.4 Å². The summed E-state index contributed by atoms with van der Waals surface area (Å²) >= 11 is 24.8. The third-order valence-corrected chi connectivity index (χ3v) is 5.66. The predicted molar refractivity (Wildman–Crippen MR) is 116 cm³/mol. The molecule has 0 spiro atoms. The lowest BCUT2D eigenvalue weighted by atomic mass is 9.95. The summed E-state index contributed by atoms with van der Waals surface area (Å²) in [6, 6.07) is 9.37. The fraction of sp³-hybridized carbons (Fsp3) is 0.105. The molecular weight excluding hydrogens is 456 g/mol. The summed E-state index contributed by atoms with van der Waals surface area (Å²) in [7, 11) is 0. The number of benzene rings is 2. The summed E-state index contributed by atoms with van der Waals surface area (Å²) < 4.78 is 1.56. The Morgan fingerprint density at radius 3 is 2.34 bits per heavy atom. The number of anilines is 1. The molecule has 3 N–H and O–H groups in total. The Bertz CT molecular complexity index is 1190. The molecule has 1 aromatic heterocycles. The first-order valence-corrected chi connectivity index (χ1v) is 9.92. The molecule has 1 aliphatic rings. The maximum absolute atomic E-state index is 12.3. The first kappa shape index (κ1) is 20.0. The van der Waals surface area contributed by atoms with Gasteiger partial charge in [0.1, 0.15) is 6.04 Å². The third-order valence-electron chi connectivity index (χ3n) is 4.55. The van der Waals surface area contributed by atoms with Crippen LogP contribution in [0.5, 0.6) is 0 Å². The largest absolute Gasteiger partial charge is 0.366 e. The summed E-state index contributed by atoms with van der Waals surface area (Å²) in [5.74, 6) is 0.186. The molecule has 4 rings (SSSR count). The molecule has 0 fully saturated rings. The molecule has 1 atom stereocenters. The average Bonchev–Trinajstić information content (AvgIpc) is 3.03. The van der Waals surface area contributed by atoms with Crippen LogP contribution in [0.3, 0.4) is 0 Å². The Morgan fingerprint density at radius 1 is 1.07 bits per heavy atom. The summed E-state index contributed by atoms with van der Waals surface area (Å²) in [6.45, 7) is 1.74. The first-order valence-electron chi connectivity index (χ1n) is 8.40. The van der Waals surface area contributed by atoms with Crippen molar-refractivity contribution in [2.45, 2.75) is 13.0 Å². The van der Waals surface area contributed by atoms with Crippen molar-refractivity contribution in [1.29, 1.82) is 0 Å². The zero-order valence-electron chi connectivity index (χ0n) is 14.9. The maximum Gasteiger partial charge on any atom is 0.248 e. The number of carbonyl (C=O) groups excluding carboxylic acids is 1. The van der Waals surface area contributed by atoms with E-state index < -0.39 is 11.9 Å². The third kappa shape index (κ3) is 3.57. The standard InChI is InChI=1S/C19H13Cl4N5O/c1-8-15(17(24)29)16(11-4-2-9(20)6-13(11)22)28-19(25-8)26-18(27-28)12-5-3-10(21)7-14(12)23/h2-7,16H,1H3,(H2,24,29)(H,25,26,27). The van der Waals surface area contributed by atoms with Gasteiger partial charge in [0.15, 0.2) is 5.82 Å². The smallest absolute Gasteiger partial charge is 0.248 e. The number of amides is 1. The number of hydrogen-bond acceptors (Lipinski definition) is 4. The molecule has 2 aromatic carbocycles. The lowest BCUT2D eigenvalue weighted by molar-refractivity contribution is -0.115. The van der Waals surface area contributed by atoms with Crippen LogP contribution in [0.4, 0.5) is 5.95 Å². The second-order valence-electron chi connectivity index (χ2n) is 6.42. The fourth-order valence-electron chi connectivity index (χ4n) is 3.27. The molecule has 0 bridgehead atoms. The minimum Gasteiger partial charge on any atom is -0.366 e. The van der Waals surface area contributed by atoms with Crippen LogP contribution in [0.15, 0.2) is 47.7 Å². The molecule has 0 radical (unpaired) electrons. The van der Waals surface area contributed by atoms with Gasteiger partial charge in [-0.2, -0.15) is 4.98 Å². The molecule has 0 aliphatic carbocycles. The number of fused-ring (bicyclic) bond motifs is 1. The Hall–Kier alpha value is -2.25. The van der Waals surface area contributed by atoms with E-state index in [2.05, 4.69) is 15.4 Å². The van der Waals surface area contributed by atoms with Crippen molar-refractivity contribution in [3.63, 3.8) is 0 Å². The molecule has 0 saturated heterocycles. The number of halogens is 4. The van der Waals surface area contributed by atoms with E-state index in [1.807, 2.05) is 0 Å². The van der Waals surface area contributed by atoms with Crippen LogP contribution in [0, 0.1) is 0 Å². The van der Waals surface area contributed by atoms with Gasteiger partial charge < -0.3 is 11.1 Å². The van der Waals surface area contributed by atoms with Gasteiger partial charge >= 0.3 is 0 Å².